The molecule has 0 radical (unpaired) electrons. The molecule has 2 rings (SSSR count). The van der Waals surface area contributed by atoms with Crippen LogP contribution in [0.1, 0.15) is 29.6 Å². The normalized spacial score (nSPS) is 17.9. The number of carbonyl (C=O) groups is 2. The van der Waals surface area contributed by atoms with E-state index >= 15 is 0 Å². The number of thiophene rings is 1. The van der Waals surface area contributed by atoms with Crippen LogP contribution in [0, 0.1) is 0 Å². The number of nitrogens with zero attached hydrogens (tertiary/aromatic N) is 1. The number of amides is 1. The number of carboxylic acids is 1. The molecule has 116 valence electrons. The topological polar surface area (TPSA) is 66.8 Å². The van der Waals surface area contributed by atoms with E-state index in [-0.39, 0.29) is 25.0 Å². The number of hydrogen-bond donors (Lipinski definition) is 1. The van der Waals surface area contributed by atoms with Crippen molar-refractivity contribution in [2.45, 2.75) is 25.4 Å². The van der Waals surface area contributed by atoms with Gasteiger partial charge in [0.25, 0.3) is 5.91 Å². The highest BCUT2D eigenvalue weighted by molar-refractivity contribution is 7.20. The molecule has 21 heavy (non-hydrogen) atoms. The third kappa shape index (κ3) is 4.57. The summed E-state index contributed by atoms with van der Waals surface area (Å²) in [7, 11) is 0. The number of carbonyl (C=O) groups excluding carboxylic acids is 1. The minimum Gasteiger partial charge on any atom is -0.481 e. The van der Waals surface area contributed by atoms with Crippen LogP contribution in [-0.2, 0) is 9.53 Å². The molecule has 0 spiro atoms. The van der Waals surface area contributed by atoms with E-state index in [9.17, 15) is 9.59 Å². The zero-order chi connectivity index (χ0) is 15.4. The number of ether oxygens (including phenoxy) is 1. The fraction of sp³-hybridized carbons (Fsp3) is 0.538. The Morgan fingerprint density at radius 3 is 2.76 bits per heavy atom. The highest BCUT2D eigenvalue weighted by atomic mass is 35.5. The Morgan fingerprint density at radius 1 is 1.48 bits per heavy atom. The molecule has 1 saturated heterocycles. The van der Waals surface area contributed by atoms with E-state index in [2.05, 4.69) is 0 Å². The molecular weight excluding hydrogens is 337 g/mol. The van der Waals surface area contributed by atoms with E-state index in [4.69, 9.17) is 33.0 Å². The third-order valence-corrected chi connectivity index (χ3v) is 4.71. The Hall–Kier alpha value is -0.820. The van der Waals surface area contributed by atoms with Crippen LogP contribution >= 0.6 is 34.5 Å². The van der Waals surface area contributed by atoms with E-state index in [0.717, 1.165) is 24.2 Å². The molecule has 1 amide bonds. The second kappa shape index (κ2) is 7.45. The van der Waals surface area contributed by atoms with Crippen LogP contribution in [0.15, 0.2) is 6.07 Å². The molecule has 8 heteroatoms. The number of carboxylic acid groups (broad SMARTS) is 1. The number of aliphatic carboxylic acids is 1. The van der Waals surface area contributed by atoms with E-state index in [0.29, 0.717) is 27.4 Å². The van der Waals surface area contributed by atoms with Crippen molar-refractivity contribution in [2.75, 3.05) is 19.7 Å². The van der Waals surface area contributed by atoms with Crippen LogP contribution in [0.2, 0.25) is 8.67 Å². The molecular formula is C13H15Cl2NO4S. The first-order valence-corrected chi connectivity index (χ1v) is 8.12. The predicted octanol–water partition coefficient (Wildman–Crippen LogP) is 3.15. The summed E-state index contributed by atoms with van der Waals surface area (Å²) >= 11 is 13.0. The van der Waals surface area contributed by atoms with Crippen molar-refractivity contribution < 1.29 is 19.4 Å². The van der Waals surface area contributed by atoms with Gasteiger partial charge < -0.3 is 14.7 Å². The summed E-state index contributed by atoms with van der Waals surface area (Å²) in [5, 5.41) is 8.82. The van der Waals surface area contributed by atoms with E-state index < -0.39 is 5.97 Å². The molecule has 1 aliphatic rings. The second-order valence-corrected chi connectivity index (χ2v) is 7.05. The molecule has 1 aromatic heterocycles. The smallest absolute Gasteiger partial charge is 0.305 e. The molecule has 1 N–H and O–H groups in total. The molecule has 5 nitrogen and oxygen atoms in total. The van der Waals surface area contributed by atoms with Gasteiger partial charge in [-0.05, 0) is 18.9 Å². The summed E-state index contributed by atoms with van der Waals surface area (Å²) in [5.74, 6) is -1.26. The average molecular weight is 352 g/mol. The molecule has 1 atom stereocenters. The van der Waals surface area contributed by atoms with Crippen LogP contribution < -0.4 is 0 Å². The van der Waals surface area contributed by atoms with Gasteiger partial charge in [-0.15, -0.1) is 11.3 Å². The molecule has 0 aliphatic carbocycles. The third-order valence-electron chi connectivity index (χ3n) is 3.22. The quantitative estimate of drug-likeness (QED) is 0.854. The van der Waals surface area contributed by atoms with Crippen molar-refractivity contribution >= 4 is 46.4 Å². The van der Waals surface area contributed by atoms with Gasteiger partial charge >= 0.3 is 5.97 Å². The van der Waals surface area contributed by atoms with Gasteiger partial charge in [-0.3, -0.25) is 9.59 Å². The maximum atomic E-state index is 12.5. The van der Waals surface area contributed by atoms with E-state index in [1.165, 1.54) is 11.0 Å². The largest absolute Gasteiger partial charge is 0.481 e. The monoisotopic (exact) mass is 351 g/mol. The van der Waals surface area contributed by atoms with Gasteiger partial charge in [0.2, 0.25) is 0 Å². The Balaban J connectivity index is 2.10. The lowest BCUT2D eigenvalue weighted by molar-refractivity contribution is -0.137. The van der Waals surface area contributed by atoms with Gasteiger partial charge in [-0.1, -0.05) is 23.2 Å². The first-order chi connectivity index (χ1) is 9.97. The van der Waals surface area contributed by atoms with E-state index in [1.807, 2.05) is 0 Å². The fourth-order valence-corrected chi connectivity index (χ4v) is 3.64. The van der Waals surface area contributed by atoms with Gasteiger partial charge in [0.15, 0.2) is 0 Å². The van der Waals surface area contributed by atoms with Crippen LogP contribution in [0.3, 0.4) is 0 Å². The van der Waals surface area contributed by atoms with Crippen LogP contribution in [0.4, 0.5) is 0 Å². The van der Waals surface area contributed by atoms with Crippen molar-refractivity contribution in [3.8, 4) is 0 Å². The lowest BCUT2D eigenvalue weighted by Crippen LogP contribution is -2.38. The number of hydrogen-bond acceptors (Lipinski definition) is 4. The highest BCUT2D eigenvalue weighted by Gasteiger charge is 2.26. The molecule has 0 bridgehead atoms. The Morgan fingerprint density at radius 2 is 2.24 bits per heavy atom. The van der Waals surface area contributed by atoms with Gasteiger partial charge in [0.05, 0.1) is 22.4 Å². The summed E-state index contributed by atoms with van der Waals surface area (Å²) in [4.78, 5) is 24.8. The van der Waals surface area contributed by atoms with Gasteiger partial charge in [0, 0.05) is 19.7 Å². The molecule has 0 saturated carbocycles. The van der Waals surface area contributed by atoms with Crippen molar-refractivity contribution in [1.82, 2.24) is 4.90 Å². The summed E-state index contributed by atoms with van der Waals surface area (Å²) in [6.45, 7) is 1.17. The molecule has 0 aromatic carbocycles. The first-order valence-electron chi connectivity index (χ1n) is 6.55. The SMILES string of the molecule is O=C(O)CCN(C[C@H]1CCCO1)C(=O)c1cc(Cl)sc1Cl. The van der Waals surface area contributed by atoms with Crippen LogP contribution in [-0.4, -0.2) is 47.7 Å². The fourth-order valence-electron chi connectivity index (χ4n) is 2.20. The van der Waals surface area contributed by atoms with Crippen LogP contribution in [0.25, 0.3) is 0 Å². The lowest BCUT2D eigenvalue weighted by atomic mass is 10.2. The van der Waals surface area contributed by atoms with Gasteiger partial charge in [-0.25, -0.2) is 0 Å². The molecule has 1 fully saturated rings. The Labute approximate surface area is 136 Å². The minimum absolute atomic E-state index is 0.0457. The Kier molecular flexibility index (Phi) is 5.87. The Bertz CT molecular complexity index is 528. The van der Waals surface area contributed by atoms with Crippen molar-refractivity contribution in [2.24, 2.45) is 0 Å². The summed E-state index contributed by atoms with van der Waals surface area (Å²) in [5.41, 5.74) is 0.315. The second-order valence-electron chi connectivity index (χ2n) is 4.77. The summed E-state index contributed by atoms with van der Waals surface area (Å²) < 4.78 is 6.26. The number of rotatable bonds is 6. The summed E-state index contributed by atoms with van der Waals surface area (Å²) in [6.07, 6.45) is 1.66. The maximum absolute atomic E-state index is 12.5. The van der Waals surface area contributed by atoms with Crippen molar-refractivity contribution in [1.29, 1.82) is 0 Å². The highest BCUT2D eigenvalue weighted by Crippen LogP contribution is 2.32. The molecule has 2 heterocycles. The first kappa shape index (κ1) is 16.5. The average Bonchev–Trinajstić information content (AvgIpc) is 3.03. The minimum atomic E-state index is -0.949. The molecule has 1 aromatic rings. The zero-order valence-corrected chi connectivity index (χ0v) is 13.5. The van der Waals surface area contributed by atoms with Crippen molar-refractivity contribution in [3.63, 3.8) is 0 Å². The number of halogens is 2. The van der Waals surface area contributed by atoms with Crippen molar-refractivity contribution in [3.05, 3.63) is 20.3 Å². The van der Waals surface area contributed by atoms with Gasteiger partial charge in [0.1, 0.15) is 4.34 Å². The van der Waals surface area contributed by atoms with Gasteiger partial charge in [-0.2, -0.15) is 0 Å². The standard InChI is InChI=1S/C13H15Cl2NO4S/c14-10-6-9(12(15)21-10)13(19)16(4-3-11(17)18)7-8-2-1-5-20-8/h6,8H,1-5,7H2,(H,17,18)/t8-/m1/s1. The van der Waals surface area contributed by atoms with Crippen LogP contribution in [0.5, 0.6) is 0 Å². The molecule has 0 unspecified atom stereocenters. The lowest BCUT2D eigenvalue weighted by Gasteiger charge is -2.24. The summed E-state index contributed by atoms with van der Waals surface area (Å²) in [6, 6.07) is 1.51. The maximum Gasteiger partial charge on any atom is 0.305 e. The predicted molar refractivity (Wildman–Crippen MR) is 81.5 cm³/mol. The zero-order valence-electron chi connectivity index (χ0n) is 11.2. The van der Waals surface area contributed by atoms with E-state index in [1.54, 1.807) is 0 Å². The molecule has 1 aliphatic heterocycles.